The third-order valence-corrected chi connectivity index (χ3v) is 4.26. The first kappa shape index (κ1) is 18.7. The zero-order valence-electron chi connectivity index (χ0n) is 14.1. The van der Waals surface area contributed by atoms with Gasteiger partial charge in [-0.3, -0.25) is 0 Å². The average molecular weight is 357 g/mol. The minimum absolute atomic E-state index is 0.151. The van der Waals surface area contributed by atoms with Crippen LogP contribution in [0.5, 0.6) is 17.2 Å². The Labute approximate surface area is 152 Å². The van der Waals surface area contributed by atoms with Crippen molar-refractivity contribution in [1.82, 2.24) is 0 Å². The van der Waals surface area contributed by atoms with Gasteiger partial charge in [0.15, 0.2) is 0 Å². The van der Waals surface area contributed by atoms with E-state index in [1.54, 1.807) is 48.5 Å². The van der Waals surface area contributed by atoms with Crippen LogP contribution >= 0.6 is 11.6 Å². The van der Waals surface area contributed by atoms with Crippen molar-refractivity contribution in [1.29, 1.82) is 0 Å². The summed E-state index contributed by atoms with van der Waals surface area (Å²) in [5.41, 5.74) is 2.10. The van der Waals surface area contributed by atoms with Gasteiger partial charge in [-0.2, -0.15) is 0 Å². The highest BCUT2D eigenvalue weighted by Crippen LogP contribution is 2.32. The molecule has 0 saturated heterocycles. The van der Waals surface area contributed by atoms with Crippen LogP contribution in [0.3, 0.4) is 0 Å². The predicted molar refractivity (Wildman–Crippen MR) is 101 cm³/mol. The molecule has 130 valence electrons. The number of benzene rings is 3. The maximum absolute atomic E-state index is 9.30. The molecular weight excluding hydrogens is 336 g/mol. The summed E-state index contributed by atoms with van der Waals surface area (Å²) in [7, 11) is 0. The molecule has 25 heavy (non-hydrogen) atoms. The topological polar surface area (TPSA) is 60.7 Å². The molecule has 3 aromatic carbocycles. The fourth-order valence-electron chi connectivity index (χ4n) is 2.36. The molecule has 3 N–H and O–H groups in total. The number of hydrogen-bond donors (Lipinski definition) is 3. The second-order valence-electron chi connectivity index (χ2n) is 6.20. The first-order valence-electron chi connectivity index (χ1n) is 7.82. The Morgan fingerprint density at radius 2 is 0.840 bits per heavy atom. The second kappa shape index (κ2) is 7.95. The lowest BCUT2D eigenvalue weighted by atomic mass is 9.78. The van der Waals surface area contributed by atoms with Crippen LogP contribution in [0.1, 0.15) is 25.0 Å². The maximum atomic E-state index is 9.30. The molecule has 4 heteroatoms. The molecule has 0 bridgehead atoms. The number of phenols is 3. The molecule has 0 unspecified atom stereocenters. The molecule has 0 amide bonds. The molecule has 0 aliphatic rings. The van der Waals surface area contributed by atoms with E-state index >= 15 is 0 Å². The van der Waals surface area contributed by atoms with Crippen LogP contribution in [0, 0.1) is 0 Å². The zero-order chi connectivity index (χ0) is 18.4. The Morgan fingerprint density at radius 3 is 1.12 bits per heavy atom. The van der Waals surface area contributed by atoms with Crippen molar-refractivity contribution in [3.8, 4) is 17.2 Å². The van der Waals surface area contributed by atoms with Gasteiger partial charge in [-0.25, -0.2) is 0 Å². The second-order valence-corrected chi connectivity index (χ2v) is 6.63. The Balaban J connectivity index is 0.000000236. The molecule has 0 saturated carbocycles. The maximum Gasteiger partial charge on any atom is 0.115 e. The van der Waals surface area contributed by atoms with Crippen molar-refractivity contribution in [3.05, 3.63) is 88.9 Å². The Hall–Kier alpha value is -2.65. The van der Waals surface area contributed by atoms with Crippen LogP contribution in [0.4, 0.5) is 0 Å². The summed E-state index contributed by atoms with van der Waals surface area (Å²) in [6, 6.07) is 20.8. The molecule has 3 nitrogen and oxygen atoms in total. The molecule has 0 spiro atoms. The normalized spacial score (nSPS) is 10.7. The van der Waals surface area contributed by atoms with Crippen LogP contribution in [0.2, 0.25) is 5.02 Å². The van der Waals surface area contributed by atoms with E-state index < -0.39 is 0 Å². The van der Waals surface area contributed by atoms with Gasteiger partial charge in [0.25, 0.3) is 0 Å². The van der Waals surface area contributed by atoms with Crippen molar-refractivity contribution in [2.45, 2.75) is 19.3 Å². The van der Waals surface area contributed by atoms with Crippen molar-refractivity contribution >= 4 is 11.6 Å². The summed E-state index contributed by atoms with van der Waals surface area (Å²) < 4.78 is 0. The highest BCUT2D eigenvalue weighted by Gasteiger charge is 2.22. The molecule has 0 aliphatic carbocycles. The third-order valence-electron chi connectivity index (χ3n) is 4.00. The first-order chi connectivity index (χ1) is 11.8. The van der Waals surface area contributed by atoms with Gasteiger partial charge in [0.05, 0.1) is 0 Å². The zero-order valence-corrected chi connectivity index (χ0v) is 14.9. The fraction of sp³-hybridized carbons (Fsp3) is 0.143. The average Bonchev–Trinajstić information content (AvgIpc) is 2.59. The van der Waals surface area contributed by atoms with Gasteiger partial charge in [-0.1, -0.05) is 49.7 Å². The van der Waals surface area contributed by atoms with Crippen molar-refractivity contribution in [2.24, 2.45) is 0 Å². The molecule has 0 radical (unpaired) electrons. The van der Waals surface area contributed by atoms with Gasteiger partial charge in [-0.05, 0) is 59.7 Å². The van der Waals surface area contributed by atoms with Crippen molar-refractivity contribution in [2.75, 3.05) is 0 Å². The highest BCUT2D eigenvalue weighted by molar-refractivity contribution is 6.30. The highest BCUT2D eigenvalue weighted by atomic mass is 35.5. The lowest BCUT2D eigenvalue weighted by molar-refractivity contribution is 0.473. The molecular formula is C21H21ClO3. The SMILES string of the molecule is CC(C)(c1ccc(O)cc1)c1ccc(O)cc1.Oc1ccc(Cl)cc1. The van der Waals surface area contributed by atoms with E-state index in [2.05, 4.69) is 13.8 Å². The summed E-state index contributed by atoms with van der Waals surface area (Å²) in [6.45, 7) is 4.23. The number of rotatable bonds is 2. The number of hydrogen-bond acceptors (Lipinski definition) is 3. The van der Waals surface area contributed by atoms with Gasteiger partial charge < -0.3 is 15.3 Å². The Morgan fingerprint density at radius 1 is 0.560 bits per heavy atom. The number of aromatic hydroxyl groups is 3. The van der Waals surface area contributed by atoms with Gasteiger partial charge in [0, 0.05) is 10.4 Å². The van der Waals surface area contributed by atoms with Crippen LogP contribution in [0.25, 0.3) is 0 Å². The van der Waals surface area contributed by atoms with E-state index in [0.29, 0.717) is 5.02 Å². The van der Waals surface area contributed by atoms with E-state index in [0.717, 1.165) is 11.1 Å². The summed E-state index contributed by atoms with van der Waals surface area (Å²) in [4.78, 5) is 0. The Bertz CT molecular complexity index is 724. The van der Waals surface area contributed by atoms with E-state index in [9.17, 15) is 10.2 Å². The van der Waals surface area contributed by atoms with Crippen LogP contribution in [-0.2, 0) is 5.41 Å². The fourth-order valence-corrected chi connectivity index (χ4v) is 2.49. The Kier molecular flexibility index (Phi) is 5.94. The molecule has 3 rings (SSSR count). The van der Waals surface area contributed by atoms with Gasteiger partial charge in [0.2, 0.25) is 0 Å². The first-order valence-corrected chi connectivity index (χ1v) is 8.20. The summed E-state index contributed by atoms with van der Waals surface area (Å²) >= 11 is 5.50. The van der Waals surface area contributed by atoms with Gasteiger partial charge in [0.1, 0.15) is 17.2 Å². The van der Waals surface area contributed by atoms with Gasteiger partial charge in [-0.15, -0.1) is 0 Å². The summed E-state index contributed by atoms with van der Waals surface area (Å²) in [5, 5.41) is 27.9. The minimum atomic E-state index is -0.151. The lowest BCUT2D eigenvalue weighted by Gasteiger charge is -2.26. The van der Waals surface area contributed by atoms with E-state index in [4.69, 9.17) is 16.7 Å². The predicted octanol–water partition coefficient (Wildman–Crippen LogP) is 5.47. The molecule has 3 aromatic rings. The largest absolute Gasteiger partial charge is 0.508 e. The van der Waals surface area contributed by atoms with Crippen molar-refractivity contribution < 1.29 is 15.3 Å². The molecule has 0 heterocycles. The molecule has 0 aromatic heterocycles. The number of halogens is 1. The summed E-state index contributed by atoms with van der Waals surface area (Å²) in [5.74, 6) is 0.792. The van der Waals surface area contributed by atoms with E-state index in [1.165, 1.54) is 0 Å². The molecule has 0 fully saturated rings. The molecule has 0 atom stereocenters. The van der Waals surface area contributed by atoms with Gasteiger partial charge >= 0.3 is 0 Å². The van der Waals surface area contributed by atoms with E-state index in [-0.39, 0.29) is 22.7 Å². The summed E-state index contributed by atoms with van der Waals surface area (Å²) in [6.07, 6.45) is 0. The minimum Gasteiger partial charge on any atom is -0.508 e. The van der Waals surface area contributed by atoms with Crippen LogP contribution in [0.15, 0.2) is 72.8 Å². The van der Waals surface area contributed by atoms with E-state index in [1.807, 2.05) is 24.3 Å². The standard InChI is InChI=1S/C15H16O2.C6H5ClO/c1-15(2,11-3-7-13(16)8-4-11)12-5-9-14(17)10-6-12;7-5-1-3-6(8)4-2-5/h3-10,16-17H,1-2H3;1-4,8H. The number of phenolic OH excluding ortho intramolecular Hbond substituents is 3. The molecule has 0 aliphatic heterocycles. The smallest absolute Gasteiger partial charge is 0.115 e. The van der Waals surface area contributed by atoms with Crippen LogP contribution < -0.4 is 0 Å². The monoisotopic (exact) mass is 356 g/mol. The quantitative estimate of drug-likeness (QED) is 0.570. The van der Waals surface area contributed by atoms with Crippen molar-refractivity contribution in [3.63, 3.8) is 0 Å². The lowest BCUT2D eigenvalue weighted by Crippen LogP contribution is -2.18. The third kappa shape index (κ3) is 5.16. The van der Waals surface area contributed by atoms with Crippen LogP contribution in [-0.4, -0.2) is 15.3 Å².